The number of nitrogens with zero attached hydrogens (tertiary/aromatic N) is 3. The van der Waals surface area contributed by atoms with E-state index in [2.05, 4.69) is 5.32 Å². The minimum absolute atomic E-state index is 0.0225. The average molecular weight is 527 g/mol. The van der Waals surface area contributed by atoms with Gasteiger partial charge in [-0.2, -0.15) is 5.10 Å². The fourth-order valence-corrected chi connectivity index (χ4v) is 5.58. The van der Waals surface area contributed by atoms with Crippen molar-refractivity contribution in [2.24, 2.45) is 0 Å². The molecule has 2 aromatic carbocycles. The van der Waals surface area contributed by atoms with Gasteiger partial charge in [0.1, 0.15) is 24.0 Å². The van der Waals surface area contributed by atoms with Gasteiger partial charge < -0.3 is 5.32 Å². The van der Waals surface area contributed by atoms with Gasteiger partial charge >= 0.3 is 0 Å². The van der Waals surface area contributed by atoms with E-state index in [0.717, 1.165) is 18.1 Å². The number of hydrogen-bond acceptors (Lipinski definition) is 4. The molecule has 2 amide bonds. The number of nitrogens with one attached hydrogen (secondary N) is 1. The van der Waals surface area contributed by atoms with Crippen LogP contribution < -0.4 is 10.2 Å². The number of benzene rings is 2. The van der Waals surface area contributed by atoms with Gasteiger partial charge in [-0.25, -0.2) is 13.5 Å². The number of carbonyl (C=O) groups excluding carboxylic acids is 2. The summed E-state index contributed by atoms with van der Waals surface area (Å²) in [6.45, 7) is 10.2. The molecule has 0 spiro atoms. The van der Waals surface area contributed by atoms with Gasteiger partial charge in [-0.1, -0.05) is 51.5 Å². The van der Waals surface area contributed by atoms with Gasteiger partial charge in [0, 0.05) is 29.2 Å². The number of fused-ring (bicyclic) bond motifs is 1. The minimum Gasteiger partial charge on any atom is -0.355 e. The number of amides is 2. The van der Waals surface area contributed by atoms with Crippen molar-refractivity contribution in [1.82, 2.24) is 15.1 Å². The number of hydrogen-bond donors (Lipinski definition) is 1. The van der Waals surface area contributed by atoms with E-state index in [1.165, 1.54) is 28.8 Å². The van der Waals surface area contributed by atoms with Crippen LogP contribution in [-0.2, 0) is 15.0 Å². The first-order valence-electron chi connectivity index (χ1n) is 12.3. The minimum atomic E-state index is -0.687. The van der Waals surface area contributed by atoms with Crippen LogP contribution in [0, 0.1) is 18.6 Å². The summed E-state index contributed by atoms with van der Waals surface area (Å²) < 4.78 is 30.7. The first kappa shape index (κ1) is 26.9. The summed E-state index contributed by atoms with van der Waals surface area (Å²) in [4.78, 5) is 27.8. The molecule has 1 unspecified atom stereocenters. The summed E-state index contributed by atoms with van der Waals surface area (Å²) >= 11 is 1.26. The first-order chi connectivity index (χ1) is 17.5. The topological polar surface area (TPSA) is 67.2 Å². The fraction of sp³-hybridized carbons (Fsp3) is 0.393. The molecule has 37 heavy (non-hydrogen) atoms. The Morgan fingerprint density at radius 3 is 2.49 bits per heavy atom. The maximum atomic E-state index is 15.2. The van der Waals surface area contributed by atoms with E-state index in [0.29, 0.717) is 29.3 Å². The molecule has 0 bridgehead atoms. The lowest BCUT2D eigenvalue weighted by Gasteiger charge is -2.24. The van der Waals surface area contributed by atoms with E-state index in [1.54, 1.807) is 4.68 Å². The van der Waals surface area contributed by atoms with Crippen molar-refractivity contribution in [3.63, 3.8) is 0 Å². The van der Waals surface area contributed by atoms with Crippen LogP contribution in [0.1, 0.15) is 61.7 Å². The van der Waals surface area contributed by atoms with Crippen molar-refractivity contribution in [3.8, 4) is 5.69 Å². The summed E-state index contributed by atoms with van der Waals surface area (Å²) in [6, 6.07) is 11.2. The molecule has 3 aromatic rings. The van der Waals surface area contributed by atoms with E-state index < -0.39 is 22.3 Å². The van der Waals surface area contributed by atoms with E-state index in [1.807, 2.05) is 58.9 Å². The molecule has 9 heteroatoms. The molecule has 1 aliphatic heterocycles. The Hall–Kier alpha value is -3.20. The highest BCUT2D eigenvalue weighted by Crippen LogP contribution is 2.49. The number of aromatic nitrogens is 2. The molecule has 0 saturated heterocycles. The highest BCUT2D eigenvalue weighted by Gasteiger charge is 2.40. The zero-order valence-electron chi connectivity index (χ0n) is 21.8. The number of carbonyl (C=O) groups is 2. The molecule has 6 nitrogen and oxygen atoms in total. The Bertz CT molecular complexity index is 1310. The van der Waals surface area contributed by atoms with Gasteiger partial charge in [-0.05, 0) is 31.5 Å². The Kier molecular flexibility index (Phi) is 7.73. The van der Waals surface area contributed by atoms with E-state index in [4.69, 9.17) is 5.10 Å². The van der Waals surface area contributed by atoms with E-state index in [9.17, 15) is 14.0 Å². The number of thioether (sulfide) groups is 1. The lowest BCUT2D eigenvalue weighted by molar-refractivity contribution is -0.122. The lowest BCUT2D eigenvalue weighted by Crippen LogP contribution is -2.42. The molecule has 0 aliphatic carbocycles. The van der Waals surface area contributed by atoms with Crippen molar-refractivity contribution >= 4 is 29.4 Å². The molecular weight excluding hydrogens is 494 g/mol. The van der Waals surface area contributed by atoms with Gasteiger partial charge in [0.2, 0.25) is 11.8 Å². The standard InChI is InChI=1S/C28H32F2N4O2S/c1-6-13-31-22(35)15-33-23(36)16-37-25(20-12-9-18(29)14-21(20)30)24-26(28(3,4)5)32-34(27(24)33)19-10-7-17(2)8-11-19/h7-12,14,25H,6,13,15-16H2,1-5H3,(H,31,35). The van der Waals surface area contributed by atoms with Crippen molar-refractivity contribution in [2.75, 3.05) is 23.7 Å². The zero-order valence-corrected chi connectivity index (χ0v) is 22.6. The van der Waals surface area contributed by atoms with Crippen LogP contribution in [0.2, 0.25) is 0 Å². The molecule has 1 aromatic heterocycles. The Morgan fingerprint density at radius 2 is 1.86 bits per heavy atom. The second-order valence-electron chi connectivity index (χ2n) is 10.3. The van der Waals surface area contributed by atoms with E-state index >= 15 is 4.39 Å². The highest BCUT2D eigenvalue weighted by atomic mass is 32.2. The Morgan fingerprint density at radius 1 is 1.16 bits per heavy atom. The predicted octanol–water partition coefficient (Wildman–Crippen LogP) is 5.45. The molecule has 0 saturated carbocycles. The predicted molar refractivity (Wildman–Crippen MR) is 143 cm³/mol. The van der Waals surface area contributed by atoms with Crippen LogP contribution in [-0.4, -0.2) is 40.4 Å². The molecule has 0 radical (unpaired) electrons. The maximum Gasteiger partial charge on any atom is 0.240 e. The van der Waals surface area contributed by atoms with Crippen molar-refractivity contribution in [2.45, 2.75) is 51.7 Å². The summed E-state index contributed by atoms with van der Waals surface area (Å²) in [5.41, 5.74) is 2.90. The smallest absolute Gasteiger partial charge is 0.240 e. The van der Waals surface area contributed by atoms with Crippen LogP contribution >= 0.6 is 11.8 Å². The molecule has 2 heterocycles. The van der Waals surface area contributed by atoms with Gasteiger partial charge in [0.15, 0.2) is 0 Å². The van der Waals surface area contributed by atoms with Crippen molar-refractivity contribution < 1.29 is 18.4 Å². The van der Waals surface area contributed by atoms with Crippen LogP contribution in [0.5, 0.6) is 0 Å². The van der Waals surface area contributed by atoms with Gasteiger partial charge in [0.25, 0.3) is 0 Å². The second kappa shape index (κ2) is 10.7. The van der Waals surface area contributed by atoms with Crippen molar-refractivity contribution in [3.05, 3.63) is 76.5 Å². The van der Waals surface area contributed by atoms with Crippen LogP contribution in [0.3, 0.4) is 0 Å². The van der Waals surface area contributed by atoms with Gasteiger partial charge in [0.05, 0.1) is 22.4 Å². The lowest BCUT2D eigenvalue weighted by atomic mass is 9.87. The van der Waals surface area contributed by atoms with Gasteiger partial charge in [-0.3, -0.25) is 14.5 Å². The normalized spacial score (nSPS) is 15.9. The van der Waals surface area contributed by atoms with Crippen LogP contribution in [0.15, 0.2) is 42.5 Å². The number of rotatable bonds is 6. The molecule has 196 valence electrons. The zero-order chi connectivity index (χ0) is 26.9. The molecule has 4 rings (SSSR count). The molecule has 0 fully saturated rings. The summed E-state index contributed by atoms with van der Waals surface area (Å²) in [6.07, 6.45) is 0.766. The highest BCUT2D eigenvalue weighted by molar-refractivity contribution is 8.00. The van der Waals surface area contributed by atoms with Crippen molar-refractivity contribution in [1.29, 1.82) is 0 Å². The average Bonchev–Trinajstić information content (AvgIpc) is 3.17. The Labute approximate surface area is 220 Å². The summed E-state index contributed by atoms with van der Waals surface area (Å²) in [5.74, 6) is -1.47. The molecule has 1 aliphatic rings. The molecule has 1 N–H and O–H groups in total. The van der Waals surface area contributed by atoms with Crippen LogP contribution in [0.4, 0.5) is 14.6 Å². The fourth-order valence-electron chi connectivity index (χ4n) is 4.36. The molecule has 1 atom stereocenters. The summed E-state index contributed by atoms with van der Waals surface area (Å²) in [7, 11) is 0. The summed E-state index contributed by atoms with van der Waals surface area (Å²) in [5, 5.41) is 7.18. The monoisotopic (exact) mass is 526 g/mol. The Balaban J connectivity index is 2.01. The van der Waals surface area contributed by atoms with Crippen LogP contribution in [0.25, 0.3) is 5.69 Å². The SMILES string of the molecule is CCCNC(=O)CN1C(=O)CSC(c2ccc(F)cc2F)c2c(C(C)(C)C)nn(-c3ccc(C)cc3)c21. The number of halogens is 2. The largest absolute Gasteiger partial charge is 0.355 e. The third-order valence-electron chi connectivity index (χ3n) is 6.20. The number of anilines is 1. The number of aryl methyl sites for hydroxylation is 1. The maximum absolute atomic E-state index is 15.2. The second-order valence-corrected chi connectivity index (χ2v) is 11.4. The first-order valence-corrected chi connectivity index (χ1v) is 13.4. The quantitative estimate of drug-likeness (QED) is 0.464. The van der Waals surface area contributed by atoms with Gasteiger partial charge in [-0.15, -0.1) is 11.8 Å². The molecular formula is C28H32F2N4O2S. The third-order valence-corrected chi connectivity index (χ3v) is 7.43. The van der Waals surface area contributed by atoms with E-state index in [-0.39, 0.29) is 29.7 Å². The third kappa shape index (κ3) is 5.56.